The fourth-order valence-electron chi connectivity index (χ4n) is 2.53. The van der Waals surface area contributed by atoms with E-state index in [2.05, 4.69) is 15.8 Å². The van der Waals surface area contributed by atoms with Crippen molar-refractivity contribution >= 4 is 29.6 Å². The van der Waals surface area contributed by atoms with Crippen molar-refractivity contribution in [3.05, 3.63) is 101 Å². The van der Waals surface area contributed by atoms with E-state index in [0.29, 0.717) is 22.9 Å². The van der Waals surface area contributed by atoms with Gasteiger partial charge in [0, 0.05) is 17.1 Å². The lowest BCUT2D eigenvalue weighted by Gasteiger charge is -2.09. The Morgan fingerprint density at radius 1 is 0.867 bits per heavy atom. The lowest BCUT2D eigenvalue weighted by Crippen LogP contribution is -2.37. The average molecular weight is 422 g/mol. The van der Waals surface area contributed by atoms with Crippen molar-refractivity contribution < 1.29 is 14.3 Å². The molecule has 0 aliphatic heterocycles. The molecule has 0 aliphatic carbocycles. The van der Waals surface area contributed by atoms with Crippen LogP contribution in [0.3, 0.4) is 0 Å². The highest BCUT2D eigenvalue weighted by atomic mass is 35.5. The number of nitrogens with one attached hydrogen (secondary N) is 2. The standard InChI is InChI=1S/C23H20ClN3O3/c24-20-12-10-18(11-13-20)16-30-21-9-5-4-8-19(21)15-26-27-23(29)22(28)25-14-17-6-2-1-3-7-17/h1-13,15H,14,16H2,(H,25,28)(H,27,29)/b26-15-. The molecule has 3 rings (SSSR count). The number of carbonyl (C=O) groups is 2. The summed E-state index contributed by atoms with van der Waals surface area (Å²) in [7, 11) is 0. The number of carbonyl (C=O) groups excluding carboxylic acids is 2. The summed E-state index contributed by atoms with van der Waals surface area (Å²) < 4.78 is 5.83. The number of nitrogens with zero attached hydrogens (tertiary/aromatic N) is 1. The number of hydrogen-bond donors (Lipinski definition) is 2. The van der Waals surface area contributed by atoms with E-state index in [-0.39, 0.29) is 6.54 Å². The van der Waals surface area contributed by atoms with E-state index in [4.69, 9.17) is 16.3 Å². The van der Waals surface area contributed by atoms with Crippen LogP contribution in [-0.4, -0.2) is 18.0 Å². The average Bonchev–Trinajstić information content (AvgIpc) is 2.78. The minimum absolute atomic E-state index is 0.262. The zero-order valence-corrected chi connectivity index (χ0v) is 16.8. The second-order valence-corrected chi connectivity index (χ2v) is 6.76. The molecular weight excluding hydrogens is 402 g/mol. The zero-order chi connectivity index (χ0) is 21.2. The van der Waals surface area contributed by atoms with Gasteiger partial charge < -0.3 is 10.1 Å². The van der Waals surface area contributed by atoms with Crippen molar-refractivity contribution in [3.63, 3.8) is 0 Å². The second-order valence-electron chi connectivity index (χ2n) is 6.32. The molecule has 7 heteroatoms. The molecule has 30 heavy (non-hydrogen) atoms. The van der Waals surface area contributed by atoms with Gasteiger partial charge in [0.1, 0.15) is 12.4 Å². The largest absolute Gasteiger partial charge is 0.488 e. The molecule has 6 nitrogen and oxygen atoms in total. The maximum Gasteiger partial charge on any atom is 0.329 e. The van der Waals surface area contributed by atoms with Gasteiger partial charge in [-0.2, -0.15) is 5.10 Å². The number of hydrogen-bond acceptors (Lipinski definition) is 4. The summed E-state index contributed by atoms with van der Waals surface area (Å²) in [5.74, 6) is -1.01. The third-order valence-corrected chi connectivity index (χ3v) is 4.35. The van der Waals surface area contributed by atoms with Crippen LogP contribution in [0.2, 0.25) is 5.02 Å². The predicted octanol–water partition coefficient (Wildman–Crippen LogP) is 3.69. The number of amides is 2. The van der Waals surface area contributed by atoms with Crippen molar-refractivity contribution in [1.82, 2.24) is 10.7 Å². The van der Waals surface area contributed by atoms with Gasteiger partial charge in [-0.25, -0.2) is 5.43 Å². The first-order chi connectivity index (χ1) is 14.6. The van der Waals surface area contributed by atoms with Crippen molar-refractivity contribution in [2.75, 3.05) is 0 Å². The molecule has 0 unspecified atom stereocenters. The molecule has 0 saturated heterocycles. The number of ether oxygens (including phenoxy) is 1. The van der Waals surface area contributed by atoms with Gasteiger partial charge in [0.15, 0.2) is 0 Å². The van der Waals surface area contributed by atoms with Gasteiger partial charge in [-0.15, -0.1) is 0 Å². The molecule has 3 aromatic carbocycles. The molecular formula is C23H20ClN3O3. The molecule has 0 aliphatic rings. The summed E-state index contributed by atoms with van der Waals surface area (Å²) >= 11 is 5.89. The Balaban J connectivity index is 1.52. The van der Waals surface area contributed by atoms with E-state index >= 15 is 0 Å². The van der Waals surface area contributed by atoms with Crippen LogP contribution < -0.4 is 15.5 Å². The summed E-state index contributed by atoms with van der Waals surface area (Å²) in [5.41, 5.74) is 4.75. The van der Waals surface area contributed by atoms with E-state index in [1.807, 2.05) is 54.6 Å². The van der Waals surface area contributed by atoms with Crippen LogP contribution in [0.5, 0.6) is 5.75 Å². The molecule has 0 aromatic heterocycles. The van der Waals surface area contributed by atoms with Gasteiger partial charge in [-0.05, 0) is 35.4 Å². The lowest BCUT2D eigenvalue weighted by molar-refractivity contribution is -0.139. The quantitative estimate of drug-likeness (QED) is 0.347. The first-order valence-corrected chi connectivity index (χ1v) is 9.61. The number of para-hydroxylation sites is 1. The van der Waals surface area contributed by atoms with Gasteiger partial charge in [0.25, 0.3) is 0 Å². The third kappa shape index (κ3) is 6.46. The maximum atomic E-state index is 11.9. The van der Waals surface area contributed by atoms with Crippen LogP contribution in [0.4, 0.5) is 0 Å². The summed E-state index contributed by atoms with van der Waals surface area (Å²) in [5, 5.41) is 7.07. The number of hydrazone groups is 1. The van der Waals surface area contributed by atoms with Gasteiger partial charge in [0.05, 0.1) is 6.21 Å². The van der Waals surface area contributed by atoms with Gasteiger partial charge in [0.2, 0.25) is 0 Å². The zero-order valence-electron chi connectivity index (χ0n) is 16.0. The molecule has 0 radical (unpaired) electrons. The van der Waals surface area contributed by atoms with Gasteiger partial charge in [-0.1, -0.05) is 66.2 Å². The summed E-state index contributed by atoms with van der Waals surface area (Å²) in [6, 6.07) is 23.9. The molecule has 0 heterocycles. The summed E-state index contributed by atoms with van der Waals surface area (Å²) in [6.45, 7) is 0.619. The molecule has 152 valence electrons. The molecule has 0 saturated carbocycles. The minimum atomic E-state index is -0.846. The third-order valence-electron chi connectivity index (χ3n) is 4.10. The lowest BCUT2D eigenvalue weighted by atomic mass is 10.2. The van der Waals surface area contributed by atoms with E-state index in [1.165, 1.54) is 6.21 Å². The van der Waals surface area contributed by atoms with Crippen LogP contribution >= 0.6 is 11.6 Å². The van der Waals surface area contributed by atoms with Crippen LogP contribution in [0.1, 0.15) is 16.7 Å². The normalized spacial score (nSPS) is 10.6. The van der Waals surface area contributed by atoms with Crippen LogP contribution in [0.25, 0.3) is 0 Å². The van der Waals surface area contributed by atoms with E-state index in [1.54, 1.807) is 24.3 Å². The molecule has 2 N–H and O–H groups in total. The van der Waals surface area contributed by atoms with E-state index in [9.17, 15) is 9.59 Å². The Labute approximate surface area is 179 Å². The van der Waals surface area contributed by atoms with Crippen molar-refractivity contribution in [3.8, 4) is 5.75 Å². The van der Waals surface area contributed by atoms with Crippen molar-refractivity contribution in [1.29, 1.82) is 0 Å². The second kappa shape index (κ2) is 10.8. The molecule has 2 amide bonds. The highest BCUT2D eigenvalue weighted by Crippen LogP contribution is 2.18. The first-order valence-electron chi connectivity index (χ1n) is 9.23. The Bertz CT molecular complexity index is 1020. The topological polar surface area (TPSA) is 79.8 Å². The SMILES string of the molecule is O=C(NCc1ccccc1)C(=O)N/N=C\c1ccccc1OCc1ccc(Cl)cc1. The maximum absolute atomic E-state index is 11.9. The Morgan fingerprint density at radius 2 is 1.57 bits per heavy atom. The highest BCUT2D eigenvalue weighted by Gasteiger charge is 2.12. The number of benzene rings is 3. The van der Waals surface area contributed by atoms with E-state index in [0.717, 1.165) is 11.1 Å². The fourth-order valence-corrected chi connectivity index (χ4v) is 2.66. The highest BCUT2D eigenvalue weighted by molar-refractivity contribution is 6.35. The molecule has 0 bridgehead atoms. The van der Waals surface area contributed by atoms with Crippen LogP contribution in [0, 0.1) is 0 Å². The first kappa shape index (κ1) is 21.1. The fraction of sp³-hybridized carbons (Fsp3) is 0.0870. The predicted molar refractivity (Wildman–Crippen MR) is 116 cm³/mol. The number of halogens is 1. The van der Waals surface area contributed by atoms with Crippen LogP contribution in [0.15, 0.2) is 84.0 Å². The Morgan fingerprint density at radius 3 is 2.33 bits per heavy atom. The van der Waals surface area contributed by atoms with Crippen molar-refractivity contribution in [2.45, 2.75) is 13.2 Å². The smallest absolute Gasteiger partial charge is 0.329 e. The van der Waals surface area contributed by atoms with Gasteiger partial charge >= 0.3 is 11.8 Å². The Kier molecular flexibility index (Phi) is 7.58. The monoisotopic (exact) mass is 421 g/mol. The van der Waals surface area contributed by atoms with Crippen LogP contribution in [-0.2, 0) is 22.7 Å². The summed E-state index contributed by atoms with van der Waals surface area (Å²) in [6.07, 6.45) is 1.43. The molecule has 0 atom stereocenters. The van der Waals surface area contributed by atoms with Gasteiger partial charge in [-0.3, -0.25) is 9.59 Å². The number of rotatable bonds is 7. The van der Waals surface area contributed by atoms with Crippen molar-refractivity contribution in [2.24, 2.45) is 5.10 Å². The van der Waals surface area contributed by atoms with E-state index < -0.39 is 11.8 Å². The minimum Gasteiger partial charge on any atom is -0.488 e. The molecule has 3 aromatic rings. The Hall–Kier alpha value is -3.64. The molecule has 0 fully saturated rings. The molecule has 0 spiro atoms. The summed E-state index contributed by atoms with van der Waals surface area (Å²) in [4.78, 5) is 23.8.